The van der Waals surface area contributed by atoms with E-state index in [2.05, 4.69) is 17.2 Å². The average molecular weight is 383 g/mol. The molecule has 2 atom stereocenters. The Hall–Kier alpha value is -2.41. The van der Waals surface area contributed by atoms with Gasteiger partial charge in [0.2, 0.25) is 0 Å². The van der Waals surface area contributed by atoms with Gasteiger partial charge in [0.25, 0.3) is 0 Å². The molecule has 1 aromatic rings. The fourth-order valence-electron chi connectivity index (χ4n) is 2.74. The Morgan fingerprint density at radius 2 is 2.04 bits per heavy atom. The van der Waals surface area contributed by atoms with Gasteiger partial charge in [-0.2, -0.15) is 0 Å². The maximum atomic E-state index is 12.2. The predicted molar refractivity (Wildman–Crippen MR) is 97.5 cm³/mol. The van der Waals surface area contributed by atoms with E-state index >= 15 is 0 Å². The molecule has 0 spiro atoms. The van der Waals surface area contributed by atoms with Crippen molar-refractivity contribution in [1.82, 2.24) is 10.6 Å². The molecule has 2 amide bonds. The standard InChI is InChI=1S/C18H23ClN2O5/c1-5-7-26-16-12(19)8-11(9-13(16)25-6-2)15-14(17(22)24-4)10(3)20-18(23)21-15/h8-9,14-15H,3,5-7H2,1-2,4H3,(H2,20,21,23)/t14-,15+/m0/s1. The van der Waals surface area contributed by atoms with Crippen LogP contribution in [0.4, 0.5) is 4.79 Å². The van der Waals surface area contributed by atoms with Crippen molar-refractivity contribution in [2.45, 2.75) is 26.3 Å². The molecule has 0 aromatic heterocycles. The highest BCUT2D eigenvalue weighted by molar-refractivity contribution is 6.32. The molecular weight excluding hydrogens is 360 g/mol. The molecule has 26 heavy (non-hydrogen) atoms. The minimum absolute atomic E-state index is 0.256. The van der Waals surface area contributed by atoms with Crippen molar-refractivity contribution in [3.63, 3.8) is 0 Å². The van der Waals surface area contributed by atoms with Crippen LogP contribution in [0.5, 0.6) is 11.5 Å². The monoisotopic (exact) mass is 382 g/mol. The highest BCUT2D eigenvalue weighted by Crippen LogP contribution is 2.41. The van der Waals surface area contributed by atoms with E-state index in [1.54, 1.807) is 12.1 Å². The molecule has 0 unspecified atom stereocenters. The van der Waals surface area contributed by atoms with Crippen molar-refractivity contribution < 1.29 is 23.8 Å². The van der Waals surface area contributed by atoms with E-state index in [1.807, 2.05) is 13.8 Å². The third kappa shape index (κ3) is 4.22. The molecule has 0 radical (unpaired) electrons. The fraction of sp³-hybridized carbons (Fsp3) is 0.444. The van der Waals surface area contributed by atoms with Gasteiger partial charge < -0.3 is 24.8 Å². The van der Waals surface area contributed by atoms with Crippen LogP contribution in [-0.4, -0.2) is 32.3 Å². The number of benzene rings is 1. The number of rotatable bonds is 7. The van der Waals surface area contributed by atoms with Crippen LogP contribution in [0, 0.1) is 5.92 Å². The number of amides is 2. The third-order valence-corrected chi connectivity index (χ3v) is 4.15. The number of nitrogens with one attached hydrogen (secondary N) is 2. The molecule has 2 N–H and O–H groups in total. The van der Waals surface area contributed by atoms with Crippen LogP contribution in [0.1, 0.15) is 31.9 Å². The molecule has 1 aliphatic heterocycles. The summed E-state index contributed by atoms with van der Waals surface area (Å²) in [5.74, 6) is -0.433. The van der Waals surface area contributed by atoms with Crippen molar-refractivity contribution in [3.05, 3.63) is 35.0 Å². The second kappa shape index (κ2) is 8.80. The Morgan fingerprint density at radius 3 is 2.65 bits per heavy atom. The van der Waals surface area contributed by atoms with Crippen molar-refractivity contribution in [2.75, 3.05) is 20.3 Å². The summed E-state index contributed by atoms with van der Waals surface area (Å²) in [6, 6.07) is 2.20. The molecule has 7 nitrogen and oxygen atoms in total. The Kier molecular flexibility index (Phi) is 6.74. The first-order valence-corrected chi connectivity index (χ1v) is 8.73. The Balaban J connectivity index is 2.48. The number of urea groups is 1. The van der Waals surface area contributed by atoms with E-state index in [1.165, 1.54) is 7.11 Å². The van der Waals surface area contributed by atoms with Gasteiger partial charge >= 0.3 is 12.0 Å². The summed E-state index contributed by atoms with van der Waals surface area (Å²) in [4.78, 5) is 24.1. The van der Waals surface area contributed by atoms with Gasteiger partial charge in [-0.15, -0.1) is 0 Å². The number of hydrogen-bond donors (Lipinski definition) is 2. The molecule has 1 aromatic carbocycles. The number of carbonyl (C=O) groups is 2. The smallest absolute Gasteiger partial charge is 0.319 e. The maximum Gasteiger partial charge on any atom is 0.319 e. The molecule has 1 aliphatic rings. The van der Waals surface area contributed by atoms with E-state index in [4.69, 9.17) is 25.8 Å². The summed E-state index contributed by atoms with van der Waals surface area (Å²) in [5, 5.41) is 5.56. The van der Waals surface area contributed by atoms with Crippen molar-refractivity contribution in [1.29, 1.82) is 0 Å². The van der Waals surface area contributed by atoms with Crippen molar-refractivity contribution >= 4 is 23.6 Å². The van der Waals surface area contributed by atoms with Crippen LogP contribution >= 0.6 is 11.6 Å². The molecular formula is C18H23ClN2O5. The first kappa shape index (κ1) is 19.9. The Morgan fingerprint density at radius 1 is 1.31 bits per heavy atom. The second-order valence-corrected chi connectivity index (χ2v) is 6.12. The van der Waals surface area contributed by atoms with Gasteiger partial charge in [0, 0.05) is 5.70 Å². The van der Waals surface area contributed by atoms with Gasteiger partial charge in [-0.3, -0.25) is 4.79 Å². The molecule has 142 valence electrons. The number of esters is 1. The summed E-state index contributed by atoms with van der Waals surface area (Å²) >= 11 is 6.39. The van der Waals surface area contributed by atoms with Gasteiger partial charge in [0.1, 0.15) is 5.92 Å². The zero-order valence-electron chi connectivity index (χ0n) is 15.1. The van der Waals surface area contributed by atoms with Crippen LogP contribution in [0.25, 0.3) is 0 Å². The van der Waals surface area contributed by atoms with Gasteiger partial charge in [-0.1, -0.05) is 25.1 Å². The summed E-state index contributed by atoms with van der Waals surface area (Å²) in [5.41, 5.74) is 0.847. The molecule has 1 heterocycles. The van der Waals surface area contributed by atoms with E-state index in [9.17, 15) is 9.59 Å². The molecule has 0 aliphatic carbocycles. The van der Waals surface area contributed by atoms with Crippen molar-refractivity contribution in [3.8, 4) is 11.5 Å². The van der Waals surface area contributed by atoms with E-state index < -0.39 is 24.0 Å². The van der Waals surface area contributed by atoms with Gasteiger partial charge in [0.15, 0.2) is 11.5 Å². The molecule has 1 saturated heterocycles. The highest BCUT2D eigenvalue weighted by Gasteiger charge is 2.39. The lowest BCUT2D eigenvalue weighted by Crippen LogP contribution is -2.51. The number of methoxy groups -OCH3 is 1. The first-order valence-electron chi connectivity index (χ1n) is 8.36. The minimum Gasteiger partial charge on any atom is -0.490 e. The van der Waals surface area contributed by atoms with Crippen LogP contribution in [0.15, 0.2) is 24.4 Å². The molecule has 0 bridgehead atoms. The Labute approximate surface area is 157 Å². The zero-order chi connectivity index (χ0) is 19.3. The Bertz CT molecular complexity index is 707. The highest BCUT2D eigenvalue weighted by atomic mass is 35.5. The summed E-state index contributed by atoms with van der Waals surface area (Å²) < 4.78 is 16.2. The largest absolute Gasteiger partial charge is 0.490 e. The van der Waals surface area contributed by atoms with E-state index in [-0.39, 0.29) is 5.70 Å². The van der Waals surface area contributed by atoms with Gasteiger partial charge in [-0.25, -0.2) is 4.79 Å². The predicted octanol–water partition coefficient (Wildman–Crippen LogP) is 3.18. The lowest BCUT2D eigenvalue weighted by molar-refractivity contribution is -0.145. The van der Waals surface area contributed by atoms with Crippen LogP contribution < -0.4 is 20.1 Å². The van der Waals surface area contributed by atoms with Gasteiger partial charge in [0.05, 0.1) is 31.4 Å². The van der Waals surface area contributed by atoms with Crippen LogP contribution in [0.2, 0.25) is 5.02 Å². The molecule has 0 saturated carbocycles. The summed E-state index contributed by atoms with van der Waals surface area (Å²) in [7, 11) is 1.28. The van der Waals surface area contributed by atoms with E-state index in [0.717, 1.165) is 6.42 Å². The van der Waals surface area contributed by atoms with Gasteiger partial charge in [-0.05, 0) is 31.0 Å². The quantitative estimate of drug-likeness (QED) is 0.707. The maximum absolute atomic E-state index is 12.2. The SMILES string of the molecule is C=C1NC(=O)N[C@H](c2cc(Cl)c(OCCC)c(OCC)c2)[C@H]1C(=O)OC. The number of carbonyl (C=O) groups excluding carboxylic acids is 2. The molecule has 8 heteroatoms. The van der Waals surface area contributed by atoms with Crippen molar-refractivity contribution in [2.24, 2.45) is 5.92 Å². The number of ether oxygens (including phenoxy) is 3. The van der Waals surface area contributed by atoms with E-state index in [0.29, 0.717) is 35.3 Å². The van der Waals surface area contributed by atoms with Crippen LogP contribution in [-0.2, 0) is 9.53 Å². The van der Waals surface area contributed by atoms with Crippen LogP contribution in [0.3, 0.4) is 0 Å². The fourth-order valence-corrected chi connectivity index (χ4v) is 3.01. The molecule has 2 rings (SSSR count). The normalized spacial score (nSPS) is 19.4. The number of halogens is 1. The zero-order valence-corrected chi connectivity index (χ0v) is 15.8. The lowest BCUT2D eigenvalue weighted by atomic mass is 9.89. The first-order chi connectivity index (χ1) is 12.4. The summed E-state index contributed by atoms with van der Waals surface area (Å²) in [6.07, 6.45) is 0.818. The topological polar surface area (TPSA) is 85.9 Å². The molecule has 1 fully saturated rings. The minimum atomic E-state index is -0.800. The third-order valence-electron chi connectivity index (χ3n) is 3.87. The number of hydrogen-bond acceptors (Lipinski definition) is 5. The average Bonchev–Trinajstić information content (AvgIpc) is 2.60. The second-order valence-electron chi connectivity index (χ2n) is 5.71. The lowest BCUT2D eigenvalue weighted by Gasteiger charge is -2.33. The summed E-state index contributed by atoms with van der Waals surface area (Å²) in [6.45, 7) is 8.50.